The average molecular weight is 375 g/mol. The second-order valence-electron chi connectivity index (χ2n) is 7.03. The number of aromatic hydroxyl groups is 1. The predicted molar refractivity (Wildman–Crippen MR) is 119 cm³/mol. The van der Waals surface area contributed by atoms with E-state index in [1.165, 1.54) is 0 Å². The molecule has 0 radical (unpaired) electrons. The van der Waals surface area contributed by atoms with Gasteiger partial charge < -0.3 is 5.11 Å². The summed E-state index contributed by atoms with van der Waals surface area (Å²) in [4.78, 5) is 10.8. The highest BCUT2D eigenvalue weighted by Crippen LogP contribution is 2.43. The molecule has 0 saturated heterocycles. The summed E-state index contributed by atoms with van der Waals surface area (Å²) in [6, 6.07) is 31.5. The van der Waals surface area contributed by atoms with Crippen molar-refractivity contribution in [2.45, 2.75) is 0 Å². The molecule has 0 aliphatic carbocycles. The Morgan fingerprint density at radius 2 is 0.897 bits per heavy atom. The second-order valence-corrected chi connectivity index (χ2v) is 7.03. The smallest absolute Gasteiger partial charge is 0.115 e. The number of phenols is 1. The Morgan fingerprint density at radius 3 is 1.28 bits per heavy atom. The van der Waals surface area contributed by atoms with Crippen LogP contribution >= 0.6 is 0 Å². The molecule has 0 atom stereocenters. The van der Waals surface area contributed by atoms with Gasteiger partial charge in [0.15, 0.2) is 0 Å². The standard InChI is InChI=1S/C26H17NO2/c28-20-15-11-18(12-16-20)26-23-7-3-1-5-21(23)25(22-6-2-4-8-24(22)26)17-9-13-19(27-29)14-10-17/h1-16,28H. The molecule has 5 rings (SSSR count). The first-order valence-electron chi connectivity index (χ1n) is 9.43. The maximum atomic E-state index is 10.8. The van der Waals surface area contributed by atoms with Gasteiger partial charge in [0.25, 0.3) is 0 Å². The van der Waals surface area contributed by atoms with Crippen LogP contribution in [0.1, 0.15) is 0 Å². The molecule has 0 unspecified atom stereocenters. The number of nitrogens with zero attached hydrogens (tertiary/aromatic N) is 1. The largest absolute Gasteiger partial charge is 0.508 e. The molecular weight excluding hydrogens is 358 g/mol. The van der Waals surface area contributed by atoms with E-state index in [9.17, 15) is 10.0 Å². The summed E-state index contributed by atoms with van der Waals surface area (Å²) in [6.07, 6.45) is 0. The Morgan fingerprint density at radius 1 is 0.517 bits per heavy atom. The number of hydrogen-bond donors (Lipinski definition) is 1. The fourth-order valence-corrected chi connectivity index (χ4v) is 4.07. The van der Waals surface area contributed by atoms with E-state index in [0.717, 1.165) is 43.8 Å². The van der Waals surface area contributed by atoms with Crippen LogP contribution in [0.2, 0.25) is 0 Å². The highest BCUT2D eigenvalue weighted by atomic mass is 16.3. The monoisotopic (exact) mass is 375 g/mol. The fraction of sp³-hybridized carbons (Fsp3) is 0. The number of benzene rings is 5. The number of nitroso groups, excluding NO2 is 1. The van der Waals surface area contributed by atoms with Crippen molar-refractivity contribution in [2.24, 2.45) is 5.18 Å². The van der Waals surface area contributed by atoms with Crippen molar-refractivity contribution >= 4 is 27.2 Å². The quantitative estimate of drug-likeness (QED) is 0.263. The van der Waals surface area contributed by atoms with Gasteiger partial charge in [-0.25, -0.2) is 0 Å². The molecule has 0 aliphatic heterocycles. The summed E-state index contributed by atoms with van der Waals surface area (Å²) in [6.45, 7) is 0. The normalized spacial score (nSPS) is 11.0. The van der Waals surface area contributed by atoms with E-state index >= 15 is 0 Å². The van der Waals surface area contributed by atoms with Crippen LogP contribution in [0.3, 0.4) is 0 Å². The van der Waals surface area contributed by atoms with Crippen molar-refractivity contribution in [3.05, 3.63) is 102 Å². The molecule has 0 spiro atoms. The lowest BCUT2D eigenvalue weighted by molar-refractivity contribution is 0.475. The first-order valence-corrected chi connectivity index (χ1v) is 9.43. The molecule has 0 bridgehead atoms. The van der Waals surface area contributed by atoms with Gasteiger partial charge in [0.05, 0.1) is 0 Å². The molecule has 0 aliphatic rings. The maximum absolute atomic E-state index is 10.8. The summed E-state index contributed by atoms with van der Waals surface area (Å²) in [5, 5.41) is 17.3. The van der Waals surface area contributed by atoms with E-state index in [-0.39, 0.29) is 5.75 Å². The molecule has 5 aromatic carbocycles. The summed E-state index contributed by atoms with van der Waals surface area (Å²) in [5.41, 5.74) is 4.80. The van der Waals surface area contributed by atoms with E-state index in [2.05, 4.69) is 29.4 Å². The first-order chi connectivity index (χ1) is 14.3. The third-order valence-electron chi connectivity index (χ3n) is 5.35. The Bertz CT molecular complexity index is 1300. The molecule has 138 valence electrons. The van der Waals surface area contributed by atoms with Crippen LogP contribution in [0.15, 0.2) is 102 Å². The third-order valence-corrected chi connectivity index (χ3v) is 5.35. The van der Waals surface area contributed by atoms with Crippen molar-refractivity contribution in [3.63, 3.8) is 0 Å². The van der Waals surface area contributed by atoms with Gasteiger partial charge in [-0.1, -0.05) is 72.8 Å². The van der Waals surface area contributed by atoms with Crippen LogP contribution in [0.5, 0.6) is 5.75 Å². The van der Waals surface area contributed by atoms with Gasteiger partial charge in [0, 0.05) is 0 Å². The van der Waals surface area contributed by atoms with Crippen LogP contribution in [-0.4, -0.2) is 5.11 Å². The van der Waals surface area contributed by atoms with E-state index in [1.54, 1.807) is 24.3 Å². The minimum absolute atomic E-state index is 0.253. The third kappa shape index (κ3) is 2.84. The minimum atomic E-state index is 0.253. The van der Waals surface area contributed by atoms with E-state index < -0.39 is 0 Å². The molecule has 3 nitrogen and oxygen atoms in total. The van der Waals surface area contributed by atoms with Crippen molar-refractivity contribution < 1.29 is 5.11 Å². The molecule has 0 saturated carbocycles. The maximum Gasteiger partial charge on any atom is 0.115 e. The van der Waals surface area contributed by atoms with Crippen LogP contribution in [0, 0.1) is 4.91 Å². The summed E-state index contributed by atoms with van der Waals surface area (Å²) < 4.78 is 0. The van der Waals surface area contributed by atoms with Gasteiger partial charge in [0.1, 0.15) is 11.4 Å². The zero-order valence-corrected chi connectivity index (χ0v) is 15.5. The highest BCUT2D eigenvalue weighted by Gasteiger charge is 2.16. The van der Waals surface area contributed by atoms with Gasteiger partial charge in [-0.2, -0.15) is 0 Å². The molecule has 29 heavy (non-hydrogen) atoms. The van der Waals surface area contributed by atoms with Crippen molar-refractivity contribution in [3.8, 4) is 28.0 Å². The highest BCUT2D eigenvalue weighted by molar-refractivity contribution is 6.21. The van der Waals surface area contributed by atoms with Gasteiger partial charge in [-0.3, -0.25) is 0 Å². The number of hydrogen-bond acceptors (Lipinski definition) is 3. The van der Waals surface area contributed by atoms with E-state index in [0.29, 0.717) is 5.69 Å². The SMILES string of the molecule is O=Nc1ccc(-c2c3ccccc3c(-c3ccc(O)cc3)c3ccccc23)cc1. The summed E-state index contributed by atoms with van der Waals surface area (Å²) in [5.74, 6) is 0.253. The Balaban J connectivity index is 1.93. The molecule has 0 fully saturated rings. The van der Waals surface area contributed by atoms with Crippen LogP contribution in [0.4, 0.5) is 5.69 Å². The second kappa shape index (κ2) is 6.88. The fourth-order valence-electron chi connectivity index (χ4n) is 4.07. The Hall–Kier alpha value is -3.98. The topological polar surface area (TPSA) is 49.7 Å². The van der Waals surface area contributed by atoms with Crippen LogP contribution < -0.4 is 0 Å². The van der Waals surface area contributed by atoms with Gasteiger partial charge in [0.2, 0.25) is 0 Å². The van der Waals surface area contributed by atoms with Gasteiger partial charge in [-0.15, -0.1) is 4.91 Å². The molecule has 0 aromatic heterocycles. The molecule has 1 N–H and O–H groups in total. The lowest BCUT2D eigenvalue weighted by Crippen LogP contribution is -1.90. The predicted octanol–water partition coefficient (Wildman–Crippen LogP) is 7.43. The Kier molecular flexibility index (Phi) is 4.07. The molecule has 5 aromatic rings. The molecule has 0 amide bonds. The zero-order chi connectivity index (χ0) is 19.8. The number of rotatable bonds is 3. The lowest BCUT2D eigenvalue weighted by Gasteiger charge is -2.17. The lowest BCUT2D eigenvalue weighted by atomic mass is 9.86. The number of fused-ring (bicyclic) bond motifs is 2. The van der Waals surface area contributed by atoms with Crippen molar-refractivity contribution in [1.29, 1.82) is 0 Å². The summed E-state index contributed by atoms with van der Waals surface area (Å²) in [7, 11) is 0. The molecular formula is C26H17NO2. The van der Waals surface area contributed by atoms with Crippen molar-refractivity contribution in [2.75, 3.05) is 0 Å². The summed E-state index contributed by atoms with van der Waals surface area (Å²) >= 11 is 0. The van der Waals surface area contributed by atoms with Gasteiger partial charge in [-0.05, 0) is 73.2 Å². The molecule has 0 heterocycles. The average Bonchev–Trinajstić information content (AvgIpc) is 2.78. The zero-order valence-electron chi connectivity index (χ0n) is 15.5. The molecule has 3 heteroatoms. The number of phenolic OH excluding ortho intramolecular Hbond substituents is 1. The van der Waals surface area contributed by atoms with Crippen LogP contribution in [0.25, 0.3) is 43.8 Å². The van der Waals surface area contributed by atoms with Gasteiger partial charge >= 0.3 is 0 Å². The van der Waals surface area contributed by atoms with Crippen LogP contribution in [-0.2, 0) is 0 Å². The first kappa shape index (κ1) is 17.1. The van der Waals surface area contributed by atoms with E-state index in [1.807, 2.05) is 48.5 Å². The van der Waals surface area contributed by atoms with Crippen molar-refractivity contribution in [1.82, 2.24) is 0 Å². The minimum Gasteiger partial charge on any atom is -0.508 e. The Labute approximate surface area is 167 Å². The van der Waals surface area contributed by atoms with E-state index in [4.69, 9.17) is 0 Å².